The van der Waals surface area contributed by atoms with Gasteiger partial charge in [-0.1, -0.05) is 43.7 Å². The number of aryl methyl sites for hydroxylation is 1. The first-order valence-electron chi connectivity index (χ1n) is 9.01. The molecule has 0 N–H and O–H groups in total. The summed E-state index contributed by atoms with van der Waals surface area (Å²) in [6.07, 6.45) is 3.42. The molecule has 1 aliphatic rings. The largest absolute Gasteiger partial charge is 0.359 e. The van der Waals surface area contributed by atoms with E-state index in [9.17, 15) is 0 Å². The molecular formula is C20H28N4. The summed E-state index contributed by atoms with van der Waals surface area (Å²) in [6, 6.07) is 10.7. The van der Waals surface area contributed by atoms with Gasteiger partial charge in [-0.05, 0) is 18.9 Å². The van der Waals surface area contributed by atoms with Crippen LogP contribution in [0.3, 0.4) is 0 Å². The molecule has 2 aromatic rings. The molecule has 128 valence electrons. The lowest BCUT2D eigenvalue weighted by Crippen LogP contribution is -2.33. The molecule has 0 aliphatic carbocycles. The average molecular weight is 324 g/mol. The van der Waals surface area contributed by atoms with Crippen LogP contribution in [0.5, 0.6) is 0 Å². The number of benzene rings is 1. The summed E-state index contributed by atoms with van der Waals surface area (Å²) in [4.78, 5) is 14.3. The predicted molar refractivity (Wildman–Crippen MR) is 99.2 cm³/mol. The van der Waals surface area contributed by atoms with Crippen LogP contribution >= 0.6 is 0 Å². The summed E-state index contributed by atoms with van der Waals surface area (Å²) in [5.74, 6) is 2.02. The summed E-state index contributed by atoms with van der Waals surface area (Å²) in [6.45, 7) is 8.29. The van der Waals surface area contributed by atoms with Crippen LogP contribution in [0.2, 0.25) is 0 Å². The molecule has 0 atom stereocenters. The number of rotatable bonds is 6. The molecule has 1 aromatic carbocycles. The quantitative estimate of drug-likeness (QED) is 0.813. The highest BCUT2D eigenvalue weighted by Crippen LogP contribution is 2.27. The van der Waals surface area contributed by atoms with E-state index < -0.39 is 0 Å². The number of hydrogen-bond acceptors (Lipinski definition) is 4. The number of aromatic nitrogens is 2. The van der Waals surface area contributed by atoms with Crippen LogP contribution < -0.4 is 4.90 Å². The van der Waals surface area contributed by atoms with Crippen molar-refractivity contribution in [2.45, 2.75) is 46.2 Å². The third-order valence-electron chi connectivity index (χ3n) is 4.69. The zero-order valence-corrected chi connectivity index (χ0v) is 15.1. The standard InChI is InChI=1S/C20H28N4/c1-4-5-12-23(3)20-18-15-24(14-17-9-7-6-8-10-17)13-11-19(18)21-16(2)22-20/h6-10H,4-5,11-15H2,1-3H3. The maximum absolute atomic E-state index is 4.77. The normalized spacial score (nSPS) is 14.5. The Hall–Kier alpha value is -1.94. The second-order valence-corrected chi connectivity index (χ2v) is 6.74. The van der Waals surface area contributed by atoms with Gasteiger partial charge in [0.05, 0.1) is 5.69 Å². The van der Waals surface area contributed by atoms with Crippen molar-refractivity contribution in [2.24, 2.45) is 0 Å². The number of hydrogen-bond donors (Lipinski definition) is 0. The van der Waals surface area contributed by atoms with Gasteiger partial charge >= 0.3 is 0 Å². The first-order chi connectivity index (χ1) is 11.7. The minimum atomic E-state index is 0.892. The van der Waals surface area contributed by atoms with Crippen molar-refractivity contribution in [1.29, 1.82) is 0 Å². The molecule has 0 saturated carbocycles. The molecule has 2 heterocycles. The van der Waals surface area contributed by atoms with E-state index in [-0.39, 0.29) is 0 Å². The van der Waals surface area contributed by atoms with E-state index in [1.54, 1.807) is 0 Å². The molecular weight excluding hydrogens is 296 g/mol. The van der Waals surface area contributed by atoms with Crippen LogP contribution in [0.25, 0.3) is 0 Å². The molecule has 0 amide bonds. The van der Waals surface area contributed by atoms with Gasteiger partial charge in [-0.15, -0.1) is 0 Å². The molecule has 4 heteroatoms. The van der Waals surface area contributed by atoms with Gasteiger partial charge in [-0.25, -0.2) is 9.97 Å². The molecule has 0 fully saturated rings. The molecule has 0 spiro atoms. The molecule has 0 radical (unpaired) electrons. The molecule has 4 nitrogen and oxygen atoms in total. The Morgan fingerprint density at radius 1 is 1.17 bits per heavy atom. The van der Waals surface area contributed by atoms with Gasteiger partial charge in [0.25, 0.3) is 0 Å². The summed E-state index contributed by atoms with van der Waals surface area (Å²) >= 11 is 0. The Morgan fingerprint density at radius 3 is 2.71 bits per heavy atom. The van der Waals surface area contributed by atoms with E-state index in [0.29, 0.717) is 0 Å². The Labute approximate surface area is 145 Å². The van der Waals surface area contributed by atoms with Crippen LogP contribution in [0.15, 0.2) is 30.3 Å². The average Bonchev–Trinajstić information content (AvgIpc) is 2.60. The van der Waals surface area contributed by atoms with Gasteiger partial charge in [0.15, 0.2) is 0 Å². The summed E-state index contributed by atoms with van der Waals surface area (Å²) in [5.41, 5.74) is 3.93. The summed E-state index contributed by atoms with van der Waals surface area (Å²) in [7, 11) is 2.16. The molecule has 0 bridgehead atoms. The van der Waals surface area contributed by atoms with Crippen LogP contribution in [0.4, 0.5) is 5.82 Å². The van der Waals surface area contributed by atoms with E-state index in [1.165, 1.54) is 29.7 Å². The molecule has 0 saturated heterocycles. The fourth-order valence-corrected chi connectivity index (χ4v) is 3.37. The maximum Gasteiger partial charge on any atom is 0.136 e. The van der Waals surface area contributed by atoms with Gasteiger partial charge < -0.3 is 4.90 Å². The third kappa shape index (κ3) is 3.93. The Morgan fingerprint density at radius 2 is 1.96 bits per heavy atom. The first-order valence-corrected chi connectivity index (χ1v) is 9.01. The van der Waals surface area contributed by atoms with Gasteiger partial charge in [0.1, 0.15) is 11.6 Å². The zero-order valence-electron chi connectivity index (χ0n) is 15.1. The van der Waals surface area contributed by atoms with Gasteiger partial charge in [-0.3, -0.25) is 4.90 Å². The molecule has 0 unspecified atom stereocenters. The third-order valence-corrected chi connectivity index (χ3v) is 4.69. The minimum absolute atomic E-state index is 0.892. The molecule has 1 aliphatic heterocycles. The van der Waals surface area contributed by atoms with E-state index in [0.717, 1.165) is 44.2 Å². The summed E-state index contributed by atoms with van der Waals surface area (Å²) < 4.78 is 0. The minimum Gasteiger partial charge on any atom is -0.359 e. The van der Waals surface area contributed by atoms with Crippen molar-refractivity contribution in [1.82, 2.24) is 14.9 Å². The fourth-order valence-electron chi connectivity index (χ4n) is 3.37. The molecule has 3 rings (SSSR count). The van der Waals surface area contributed by atoms with Crippen molar-refractivity contribution >= 4 is 5.82 Å². The van der Waals surface area contributed by atoms with Gasteiger partial charge in [0, 0.05) is 45.2 Å². The smallest absolute Gasteiger partial charge is 0.136 e. The van der Waals surface area contributed by atoms with Crippen LogP contribution in [-0.2, 0) is 19.5 Å². The number of nitrogens with zero attached hydrogens (tertiary/aromatic N) is 4. The monoisotopic (exact) mass is 324 g/mol. The van der Waals surface area contributed by atoms with Crippen molar-refractivity contribution in [3.63, 3.8) is 0 Å². The van der Waals surface area contributed by atoms with E-state index in [4.69, 9.17) is 9.97 Å². The van der Waals surface area contributed by atoms with Crippen molar-refractivity contribution in [3.05, 3.63) is 53.0 Å². The van der Waals surface area contributed by atoms with Crippen LogP contribution in [0.1, 0.15) is 42.4 Å². The highest BCUT2D eigenvalue weighted by Gasteiger charge is 2.23. The van der Waals surface area contributed by atoms with Crippen molar-refractivity contribution in [2.75, 3.05) is 25.0 Å². The predicted octanol–water partition coefficient (Wildman–Crippen LogP) is 3.58. The van der Waals surface area contributed by atoms with Gasteiger partial charge in [0.2, 0.25) is 0 Å². The highest BCUT2D eigenvalue weighted by atomic mass is 15.2. The number of fused-ring (bicyclic) bond motifs is 1. The van der Waals surface area contributed by atoms with Crippen LogP contribution in [0, 0.1) is 6.92 Å². The van der Waals surface area contributed by atoms with Crippen molar-refractivity contribution < 1.29 is 0 Å². The van der Waals surface area contributed by atoms with Crippen LogP contribution in [-0.4, -0.2) is 35.0 Å². The Balaban J connectivity index is 1.81. The second-order valence-electron chi connectivity index (χ2n) is 6.74. The number of anilines is 1. The lowest BCUT2D eigenvalue weighted by Gasteiger charge is -2.31. The Bertz CT molecular complexity index is 669. The SMILES string of the molecule is CCCCN(C)c1nc(C)nc2c1CN(Cc1ccccc1)CC2. The molecule has 1 aromatic heterocycles. The lowest BCUT2D eigenvalue weighted by molar-refractivity contribution is 0.243. The lowest BCUT2D eigenvalue weighted by atomic mass is 10.0. The second kappa shape index (κ2) is 7.75. The summed E-state index contributed by atoms with van der Waals surface area (Å²) in [5, 5.41) is 0. The first kappa shape index (κ1) is 16.9. The number of unbranched alkanes of at least 4 members (excludes halogenated alkanes) is 1. The Kier molecular flexibility index (Phi) is 5.46. The topological polar surface area (TPSA) is 32.3 Å². The fraction of sp³-hybridized carbons (Fsp3) is 0.500. The van der Waals surface area contributed by atoms with E-state index >= 15 is 0 Å². The maximum atomic E-state index is 4.77. The molecule has 24 heavy (non-hydrogen) atoms. The zero-order chi connectivity index (χ0) is 16.9. The van der Waals surface area contributed by atoms with E-state index in [2.05, 4.69) is 54.1 Å². The van der Waals surface area contributed by atoms with Crippen molar-refractivity contribution in [3.8, 4) is 0 Å². The van der Waals surface area contributed by atoms with Gasteiger partial charge in [-0.2, -0.15) is 0 Å². The van der Waals surface area contributed by atoms with E-state index in [1.807, 2.05) is 6.92 Å². The highest BCUT2D eigenvalue weighted by molar-refractivity contribution is 5.49.